The lowest BCUT2D eigenvalue weighted by atomic mass is 10.1. The summed E-state index contributed by atoms with van der Waals surface area (Å²) < 4.78 is 9.42. The van der Waals surface area contributed by atoms with Gasteiger partial charge in [0.05, 0.1) is 19.6 Å². The maximum absolute atomic E-state index is 12.6. The van der Waals surface area contributed by atoms with Crippen LogP contribution in [0.3, 0.4) is 0 Å². The summed E-state index contributed by atoms with van der Waals surface area (Å²) in [6.07, 6.45) is 5.98. The molecule has 0 aromatic carbocycles. The Morgan fingerprint density at radius 3 is 1.88 bits per heavy atom. The SMILES string of the molecule is O=COCN(CCN(CCN(CC(=O)O)CC(=O)O)CC(=O)NCCNC(=O)CCCCC1CCCS1)COC=O. The Bertz CT molecular complexity index is 788. The van der Waals surface area contributed by atoms with Gasteiger partial charge in [-0.25, -0.2) is 4.90 Å². The van der Waals surface area contributed by atoms with Crippen LogP contribution < -0.4 is 10.6 Å². The lowest BCUT2D eigenvalue weighted by Gasteiger charge is -2.28. The van der Waals surface area contributed by atoms with Crippen molar-refractivity contribution in [2.45, 2.75) is 43.8 Å². The smallest absolute Gasteiger partial charge is 0.317 e. The molecule has 1 atom stereocenters. The third kappa shape index (κ3) is 19.7. The van der Waals surface area contributed by atoms with Crippen LogP contribution in [0, 0.1) is 0 Å². The summed E-state index contributed by atoms with van der Waals surface area (Å²) >= 11 is 2.01. The zero-order chi connectivity index (χ0) is 30.3. The van der Waals surface area contributed by atoms with Gasteiger partial charge in [-0.15, -0.1) is 0 Å². The molecule has 1 heterocycles. The summed E-state index contributed by atoms with van der Waals surface area (Å²) in [7, 11) is 0. The van der Waals surface area contributed by atoms with Crippen molar-refractivity contribution in [3.63, 3.8) is 0 Å². The molecule has 41 heavy (non-hydrogen) atoms. The second-order valence-electron chi connectivity index (χ2n) is 9.53. The molecular weight excluding hydrogens is 562 g/mol. The van der Waals surface area contributed by atoms with Crippen molar-refractivity contribution in [2.75, 3.05) is 78.1 Å². The van der Waals surface area contributed by atoms with Crippen LogP contribution in [0.4, 0.5) is 0 Å². The zero-order valence-corrected chi connectivity index (χ0v) is 24.2. The third-order valence-corrected chi connectivity index (χ3v) is 7.64. The normalized spacial score (nSPS) is 14.7. The van der Waals surface area contributed by atoms with Gasteiger partial charge in [-0.3, -0.25) is 38.6 Å². The Kier molecular flexibility index (Phi) is 20.0. The van der Waals surface area contributed by atoms with Crippen molar-refractivity contribution in [2.24, 2.45) is 0 Å². The third-order valence-electron chi connectivity index (χ3n) is 6.17. The van der Waals surface area contributed by atoms with Gasteiger partial charge in [0.25, 0.3) is 12.9 Å². The monoisotopic (exact) mass is 605 g/mol. The van der Waals surface area contributed by atoms with Crippen molar-refractivity contribution < 1.29 is 48.5 Å². The molecule has 0 aromatic heterocycles. The van der Waals surface area contributed by atoms with E-state index in [1.807, 2.05) is 11.8 Å². The first-order valence-electron chi connectivity index (χ1n) is 13.6. The lowest BCUT2D eigenvalue weighted by Crippen LogP contribution is -2.47. The molecule has 1 fully saturated rings. The van der Waals surface area contributed by atoms with Crippen molar-refractivity contribution in [3.05, 3.63) is 0 Å². The van der Waals surface area contributed by atoms with E-state index < -0.39 is 25.0 Å². The number of rotatable bonds is 26. The van der Waals surface area contributed by atoms with Gasteiger partial charge in [0, 0.05) is 50.9 Å². The summed E-state index contributed by atoms with van der Waals surface area (Å²) in [5, 5.41) is 24.4. The molecule has 0 radical (unpaired) electrons. The minimum atomic E-state index is -1.19. The Balaban J connectivity index is 2.51. The molecule has 0 spiro atoms. The number of ether oxygens (including phenoxy) is 2. The van der Waals surface area contributed by atoms with E-state index in [1.165, 1.54) is 28.4 Å². The van der Waals surface area contributed by atoms with E-state index in [-0.39, 0.29) is 84.0 Å². The first kappa shape index (κ1) is 36.1. The number of carbonyl (C=O) groups excluding carboxylic acids is 4. The Hall–Kier alpha value is -2.95. The number of carboxylic acids is 2. The van der Waals surface area contributed by atoms with Crippen LogP contribution in [-0.2, 0) is 38.2 Å². The summed E-state index contributed by atoms with van der Waals surface area (Å²) in [4.78, 5) is 72.4. The second-order valence-corrected chi connectivity index (χ2v) is 10.9. The van der Waals surface area contributed by atoms with E-state index in [9.17, 15) is 28.8 Å². The minimum Gasteiger partial charge on any atom is -0.480 e. The van der Waals surface area contributed by atoms with E-state index in [0.717, 1.165) is 24.5 Å². The Labute approximate surface area is 244 Å². The fraction of sp³-hybridized carbons (Fsp3) is 0.760. The number of unbranched alkanes of at least 4 members (excludes halogenated alkanes) is 1. The molecule has 2 amide bonds. The Morgan fingerprint density at radius 1 is 0.780 bits per heavy atom. The van der Waals surface area contributed by atoms with Gasteiger partial charge in [-0.2, -0.15) is 11.8 Å². The van der Waals surface area contributed by atoms with Crippen molar-refractivity contribution in [1.29, 1.82) is 0 Å². The number of hydrogen-bond acceptors (Lipinski definition) is 12. The number of thioether (sulfide) groups is 1. The van der Waals surface area contributed by atoms with Crippen LogP contribution in [0.5, 0.6) is 0 Å². The molecule has 1 aliphatic rings. The fourth-order valence-electron chi connectivity index (χ4n) is 4.15. The lowest BCUT2D eigenvalue weighted by molar-refractivity contribution is -0.144. The number of nitrogens with zero attached hydrogens (tertiary/aromatic N) is 3. The van der Waals surface area contributed by atoms with E-state index >= 15 is 0 Å². The van der Waals surface area contributed by atoms with E-state index in [0.29, 0.717) is 6.42 Å². The van der Waals surface area contributed by atoms with Crippen LogP contribution in [-0.4, -0.2) is 145 Å². The number of nitrogens with one attached hydrogen (secondary N) is 2. The number of hydrogen-bond donors (Lipinski definition) is 4. The molecule has 4 N–H and O–H groups in total. The highest BCUT2D eigenvalue weighted by atomic mass is 32.2. The molecule has 0 saturated carbocycles. The molecule has 234 valence electrons. The van der Waals surface area contributed by atoms with Gasteiger partial charge >= 0.3 is 11.9 Å². The van der Waals surface area contributed by atoms with Crippen molar-refractivity contribution >= 4 is 48.5 Å². The van der Waals surface area contributed by atoms with Gasteiger partial charge < -0.3 is 30.3 Å². The molecule has 1 rings (SSSR count). The maximum Gasteiger partial charge on any atom is 0.317 e. The quantitative estimate of drug-likeness (QED) is 0.0533. The number of aliphatic carboxylic acids is 2. The van der Waals surface area contributed by atoms with Crippen molar-refractivity contribution in [3.8, 4) is 0 Å². The molecule has 1 unspecified atom stereocenters. The molecule has 1 aliphatic heterocycles. The number of carboxylic acid groups (broad SMARTS) is 2. The maximum atomic E-state index is 12.6. The molecular formula is C25H43N5O10S. The first-order valence-corrected chi connectivity index (χ1v) is 14.6. The first-order chi connectivity index (χ1) is 19.7. The van der Waals surface area contributed by atoms with E-state index in [1.54, 1.807) is 4.90 Å². The van der Waals surface area contributed by atoms with Gasteiger partial charge in [0.1, 0.15) is 13.5 Å². The molecule has 0 bridgehead atoms. The summed E-state index contributed by atoms with van der Waals surface area (Å²) in [6, 6.07) is 0. The summed E-state index contributed by atoms with van der Waals surface area (Å²) in [5.74, 6) is -1.56. The largest absolute Gasteiger partial charge is 0.480 e. The van der Waals surface area contributed by atoms with E-state index in [2.05, 4.69) is 10.6 Å². The predicted molar refractivity (Wildman–Crippen MR) is 149 cm³/mol. The molecule has 0 aliphatic carbocycles. The van der Waals surface area contributed by atoms with Crippen LogP contribution in [0.25, 0.3) is 0 Å². The molecule has 1 saturated heterocycles. The van der Waals surface area contributed by atoms with Crippen molar-refractivity contribution in [1.82, 2.24) is 25.3 Å². The summed E-state index contributed by atoms with van der Waals surface area (Å²) in [5.41, 5.74) is 0. The highest BCUT2D eigenvalue weighted by Gasteiger charge is 2.18. The average molecular weight is 606 g/mol. The van der Waals surface area contributed by atoms with E-state index in [4.69, 9.17) is 19.7 Å². The highest BCUT2D eigenvalue weighted by molar-refractivity contribution is 8.00. The topological polar surface area (TPSA) is 195 Å². The number of carbonyl (C=O) groups is 6. The minimum absolute atomic E-state index is 0.0526. The molecule has 15 nitrogen and oxygen atoms in total. The van der Waals surface area contributed by atoms with Crippen LogP contribution in [0.15, 0.2) is 0 Å². The molecule has 0 aromatic rings. The average Bonchev–Trinajstić information content (AvgIpc) is 3.44. The van der Waals surface area contributed by atoms with Crippen LogP contribution >= 0.6 is 11.8 Å². The zero-order valence-electron chi connectivity index (χ0n) is 23.4. The second kappa shape index (κ2) is 22.7. The van der Waals surface area contributed by atoms with Crippen LogP contribution in [0.1, 0.15) is 38.5 Å². The fourth-order valence-corrected chi connectivity index (χ4v) is 5.48. The van der Waals surface area contributed by atoms with Crippen LogP contribution in [0.2, 0.25) is 0 Å². The standard InChI is InChI=1S/C25H43N5O10S/c31-19-39-17-30(18-40-20-32)12-10-28(9-11-29(15-24(35)36)16-25(37)38)14-23(34)27-8-7-26-22(33)6-2-1-4-21-5-3-13-41-21/h19-21H,1-18H2,(H,26,33)(H,27,34)(H,35,36)(H,37,38). The predicted octanol–water partition coefficient (Wildman–Crippen LogP) is -0.989. The van der Waals surface area contributed by atoms with Gasteiger partial charge in [0.15, 0.2) is 0 Å². The summed E-state index contributed by atoms with van der Waals surface area (Å²) in [6.45, 7) is 0.200. The number of amides is 2. The highest BCUT2D eigenvalue weighted by Crippen LogP contribution is 2.29. The molecule has 16 heteroatoms. The van der Waals surface area contributed by atoms with Gasteiger partial charge in [-0.1, -0.05) is 6.42 Å². The van der Waals surface area contributed by atoms with Gasteiger partial charge in [-0.05, 0) is 31.4 Å². The van der Waals surface area contributed by atoms with Gasteiger partial charge in [0.2, 0.25) is 11.8 Å². The Morgan fingerprint density at radius 2 is 1.34 bits per heavy atom.